The average molecular weight is 846 g/mol. The molecule has 0 aromatic heterocycles. The largest absolute Gasteiger partial charge is 0.472 e. The average Bonchev–Trinajstić information content (AvgIpc) is 3.21. The lowest BCUT2D eigenvalue weighted by Gasteiger charge is -2.15. The van der Waals surface area contributed by atoms with Crippen LogP contribution < -0.4 is 5.32 Å². The van der Waals surface area contributed by atoms with Gasteiger partial charge in [-0.1, -0.05) is 239 Å². The van der Waals surface area contributed by atoms with E-state index in [2.05, 4.69) is 19.2 Å². The van der Waals surface area contributed by atoms with Gasteiger partial charge in [0.2, 0.25) is 5.91 Å². The lowest BCUT2D eigenvalue weighted by Crippen LogP contribution is -2.27. The zero-order valence-electron chi connectivity index (χ0n) is 38.3. The van der Waals surface area contributed by atoms with Gasteiger partial charge in [0.1, 0.15) is 12.7 Å². The molecule has 0 aromatic carbocycles. The lowest BCUT2D eigenvalue weighted by atomic mass is 10.0. The molecule has 1 amide bonds. The molecule has 2 unspecified atom stereocenters. The van der Waals surface area contributed by atoms with Crippen LogP contribution in [0.15, 0.2) is 0 Å². The van der Waals surface area contributed by atoms with Crippen LogP contribution in [0, 0.1) is 0 Å². The van der Waals surface area contributed by atoms with Gasteiger partial charge in [-0.05, 0) is 12.8 Å². The molecule has 0 aliphatic rings. The third kappa shape index (κ3) is 46.1. The van der Waals surface area contributed by atoms with Crippen LogP contribution in [0.1, 0.15) is 264 Å². The van der Waals surface area contributed by atoms with E-state index in [0.29, 0.717) is 12.8 Å². The Bertz CT molecular complexity index is 922. The van der Waals surface area contributed by atoms with Gasteiger partial charge < -0.3 is 20.1 Å². The molecule has 0 aliphatic heterocycles. The molecule has 0 saturated heterocycles. The number of hydrogen-bond acceptors (Lipinski definition) is 7. The fourth-order valence-corrected chi connectivity index (χ4v) is 8.26. The van der Waals surface area contributed by atoms with E-state index < -0.39 is 26.5 Å². The quantitative estimate of drug-likeness (QED) is 0.0313. The van der Waals surface area contributed by atoms with Gasteiger partial charge >= 0.3 is 13.8 Å². The van der Waals surface area contributed by atoms with Gasteiger partial charge in [0, 0.05) is 19.4 Å². The molecule has 3 N–H and O–H groups in total. The maximum absolute atomic E-state index is 12.1. The summed E-state index contributed by atoms with van der Waals surface area (Å²) in [4.78, 5) is 34.0. The van der Waals surface area contributed by atoms with Gasteiger partial charge in [-0.2, -0.15) is 0 Å². The van der Waals surface area contributed by atoms with E-state index in [1.807, 2.05) is 0 Å². The number of phosphoric ester groups is 1. The first-order valence-electron chi connectivity index (χ1n) is 25.0. The van der Waals surface area contributed by atoms with E-state index in [9.17, 15) is 24.2 Å². The summed E-state index contributed by atoms with van der Waals surface area (Å²) in [6.45, 7) is 3.62. The Balaban J connectivity index is 3.51. The van der Waals surface area contributed by atoms with Gasteiger partial charge in [0.25, 0.3) is 0 Å². The summed E-state index contributed by atoms with van der Waals surface area (Å²) in [6.07, 6.45) is 47.5. The second-order valence-corrected chi connectivity index (χ2v) is 18.6. The first-order valence-corrected chi connectivity index (χ1v) is 26.5. The number of ether oxygens (including phenoxy) is 1. The van der Waals surface area contributed by atoms with Crippen molar-refractivity contribution in [3.05, 3.63) is 0 Å². The maximum Gasteiger partial charge on any atom is 0.472 e. The molecule has 58 heavy (non-hydrogen) atoms. The highest BCUT2D eigenvalue weighted by molar-refractivity contribution is 7.47. The summed E-state index contributed by atoms with van der Waals surface area (Å²) >= 11 is 0. The van der Waals surface area contributed by atoms with Crippen LogP contribution >= 0.6 is 7.82 Å². The minimum atomic E-state index is -4.41. The normalized spacial score (nSPS) is 13.1. The van der Waals surface area contributed by atoms with Crippen molar-refractivity contribution in [3.8, 4) is 0 Å². The number of rotatable bonds is 48. The highest BCUT2D eigenvalue weighted by Gasteiger charge is 2.23. The molecule has 0 aliphatic carbocycles. The number of aliphatic hydroxyl groups is 1. The number of esters is 1. The third-order valence-electron chi connectivity index (χ3n) is 11.3. The standard InChI is InChI=1S/C48H96NO8P/c1-3-5-7-9-11-13-15-17-19-21-22-23-25-26-28-30-32-34-36-38-40-47(51)49-42-43-56-58(53,54)57-45-46(50)44-55-48(52)41-39-37-35-33-31-29-27-24-20-18-16-14-12-10-8-6-4-2/h46,50H,3-45H2,1-2H3,(H,49,51)(H,53,54). The summed E-state index contributed by atoms with van der Waals surface area (Å²) < 4.78 is 27.0. The van der Waals surface area contributed by atoms with Gasteiger partial charge in [0.05, 0.1) is 13.2 Å². The van der Waals surface area contributed by atoms with E-state index in [1.165, 1.54) is 199 Å². The van der Waals surface area contributed by atoms with Crippen LogP contribution in [-0.4, -0.2) is 54.3 Å². The second kappa shape index (κ2) is 45.5. The number of aliphatic hydroxyl groups excluding tert-OH is 1. The van der Waals surface area contributed by atoms with Gasteiger partial charge in [0.15, 0.2) is 0 Å². The maximum atomic E-state index is 12.1. The van der Waals surface area contributed by atoms with E-state index in [1.54, 1.807) is 0 Å². The molecule has 0 rings (SSSR count). The number of carbonyl (C=O) groups excluding carboxylic acids is 2. The lowest BCUT2D eigenvalue weighted by molar-refractivity contribution is -0.147. The molecule has 0 radical (unpaired) electrons. The smallest absolute Gasteiger partial charge is 0.463 e. The van der Waals surface area contributed by atoms with Crippen molar-refractivity contribution in [1.82, 2.24) is 5.32 Å². The van der Waals surface area contributed by atoms with Crippen LogP contribution in [0.4, 0.5) is 0 Å². The molecular formula is C48H96NO8P. The molecule has 10 heteroatoms. The second-order valence-electron chi connectivity index (χ2n) is 17.2. The zero-order chi connectivity index (χ0) is 42.5. The predicted molar refractivity (Wildman–Crippen MR) is 243 cm³/mol. The fraction of sp³-hybridized carbons (Fsp3) is 0.958. The summed E-state index contributed by atoms with van der Waals surface area (Å²) in [5.41, 5.74) is 0. The van der Waals surface area contributed by atoms with Gasteiger partial charge in [-0.15, -0.1) is 0 Å². The van der Waals surface area contributed by atoms with E-state index in [-0.39, 0.29) is 25.7 Å². The summed E-state index contributed by atoms with van der Waals surface area (Å²) in [7, 11) is -4.41. The molecule has 2 atom stereocenters. The Morgan fingerprint density at radius 1 is 0.466 bits per heavy atom. The van der Waals surface area contributed by atoms with Crippen molar-refractivity contribution >= 4 is 19.7 Å². The first-order chi connectivity index (χ1) is 28.3. The van der Waals surface area contributed by atoms with Crippen molar-refractivity contribution in [2.75, 3.05) is 26.4 Å². The summed E-state index contributed by atoms with van der Waals surface area (Å²) in [5, 5.41) is 12.7. The SMILES string of the molecule is CCCCCCCCCCCCCCCCCCCCCCC(=O)NCCOP(=O)(O)OCC(O)COC(=O)CCCCCCCCCCCCCCCCCCC. The molecular weight excluding hydrogens is 750 g/mol. The Hall–Kier alpha value is -0.990. The predicted octanol–water partition coefficient (Wildman–Crippen LogP) is 14.4. The molecule has 0 saturated carbocycles. The number of amides is 1. The van der Waals surface area contributed by atoms with Crippen molar-refractivity contribution in [2.24, 2.45) is 0 Å². The van der Waals surface area contributed by atoms with E-state index in [4.69, 9.17) is 13.8 Å². The van der Waals surface area contributed by atoms with Crippen molar-refractivity contribution in [2.45, 2.75) is 270 Å². The van der Waals surface area contributed by atoms with E-state index in [0.717, 1.165) is 38.5 Å². The highest BCUT2D eigenvalue weighted by Crippen LogP contribution is 2.42. The number of unbranched alkanes of at least 4 members (excludes halogenated alkanes) is 35. The Morgan fingerprint density at radius 2 is 0.776 bits per heavy atom. The van der Waals surface area contributed by atoms with Gasteiger partial charge in [-0.25, -0.2) is 4.57 Å². The number of carbonyl (C=O) groups is 2. The highest BCUT2D eigenvalue weighted by atomic mass is 31.2. The monoisotopic (exact) mass is 846 g/mol. The number of phosphoric acid groups is 1. The topological polar surface area (TPSA) is 131 Å². The molecule has 0 aromatic rings. The number of nitrogens with one attached hydrogen (secondary N) is 1. The minimum Gasteiger partial charge on any atom is -0.463 e. The molecule has 0 spiro atoms. The Kier molecular flexibility index (Phi) is 44.8. The van der Waals surface area contributed by atoms with Crippen molar-refractivity contribution in [1.29, 1.82) is 0 Å². The Morgan fingerprint density at radius 3 is 1.12 bits per heavy atom. The first kappa shape index (κ1) is 57.0. The van der Waals surface area contributed by atoms with Crippen LogP contribution in [0.5, 0.6) is 0 Å². The van der Waals surface area contributed by atoms with Crippen LogP contribution in [0.2, 0.25) is 0 Å². The molecule has 0 fully saturated rings. The molecule has 346 valence electrons. The van der Waals surface area contributed by atoms with Crippen LogP contribution in [0.3, 0.4) is 0 Å². The number of hydrogen-bond donors (Lipinski definition) is 3. The summed E-state index contributed by atoms with van der Waals surface area (Å²) in [5.74, 6) is -0.499. The third-order valence-corrected chi connectivity index (χ3v) is 12.3. The van der Waals surface area contributed by atoms with Crippen LogP contribution in [0.25, 0.3) is 0 Å². The van der Waals surface area contributed by atoms with Crippen molar-refractivity contribution < 1.29 is 37.9 Å². The Labute approximate surface area is 358 Å². The summed E-state index contributed by atoms with van der Waals surface area (Å²) in [6, 6.07) is 0. The van der Waals surface area contributed by atoms with Gasteiger partial charge in [-0.3, -0.25) is 18.6 Å². The van der Waals surface area contributed by atoms with Crippen molar-refractivity contribution in [3.63, 3.8) is 0 Å². The molecule has 9 nitrogen and oxygen atoms in total. The molecule has 0 bridgehead atoms. The van der Waals surface area contributed by atoms with Crippen LogP contribution in [-0.2, 0) is 27.9 Å². The fourth-order valence-electron chi connectivity index (χ4n) is 7.50. The van der Waals surface area contributed by atoms with E-state index >= 15 is 0 Å². The molecule has 0 heterocycles. The zero-order valence-corrected chi connectivity index (χ0v) is 39.2. The minimum absolute atomic E-state index is 0.0888.